The summed E-state index contributed by atoms with van der Waals surface area (Å²) >= 11 is 12.4. The molecule has 1 atom stereocenters. The van der Waals surface area contributed by atoms with Crippen LogP contribution in [0.2, 0.25) is 5.02 Å². The number of alkyl halides is 4. The minimum absolute atomic E-state index is 0.164. The first-order valence-electron chi connectivity index (χ1n) is 11.5. The second kappa shape index (κ2) is 11.3. The van der Waals surface area contributed by atoms with Crippen LogP contribution in [0.1, 0.15) is 45.6 Å². The standard InChI is InChI=1S/C25H29Cl2F4NO4/c1-23(2,3)36-22(33)20-4-7-24(27,13-21(20)28)34-15-16-5-8-32(9-6-16)14-17-10-18(26)12-19(11-17)35-25(29,30)31/h4,7,10-12,16H,5-6,8-9,13-15H2,1-3H3. The molecule has 36 heavy (non-hydrogen) atoms. The summed E-state index contributed by atoms with van der Waals surface area (Å²) in [7, 11) is 0. The molecule has 2 aliphatic rings. The van der Waals surface area contributed by atoms with E-state index in [9.17, 15) is 22.4 Å². The van der Waals surface area contributed by atoms with Crippen molar-refractivity contribution in [2.24, 2.45) is 5.92 Å². The van der Waals surface area contributed by atoms with E-state index < -0.39 is 28.8 Å². The molecule has 0 saturated carbocycles. The molecule has 0 bridgehead atoms. The lowest BCUT2D eigenvalue weighted by Gasteiger charge is -2.34. The molecule has 11 heteroatoms. The molecule has 1 saturated heterocycles. The quantitative estimate of drug-likeness (QED) is 0.208. The Balaban J connectivity index is 1.48. The predicted octanol–water partition coefficient (Wildman–Crippen LogP) is 6.93. The molecule has 200 valence electrons. The number of nitrogens with zero attached hydrogens (tertiary/aromatic N) is 1. The van der Waals surface area contributed by atoms with Gasteiger partial charge in [-0.05, 0) is 88.5 Å². The van der Waals surface area contributed by atoms with Crippen molar-refractivity contribution >= 4 is 29.2 Å². The Hall–Kier alpha value is -1.81. The van der Waals surface area contributed by atoms with Crippen molar-refractivity contribution in [2.75, 3.05) is 19.7 Å². The van der Waals surface area contributed by atoms with Gasteiger partial charge in [-0.1, -0.05) is 23.2 Å². The number of benzene rings is 1. The van der Waals surface area contributed by atoms with Crippen LogP contribution in [0.3, 0.4) is 0 Å². The van der Waals surface area contributed by atoms with Crippen molar-refractivity contribution in [2.45, 2.75) is 63.6 Å². The zero-order valence-electron chi connectivity index (χ0n) is 20.3. The van der Waals surface area contributed by atoms with E-state index in [2.05, 4.69) is 9.64 Å². The van der Waals surface area contributed by atoms with Crippen molar-refractivity contribution < 1.29 is 36.6 Å². The molecule has 3 rings (SSSR count). The normalized spacial score (nSPS) is 22.1. The van der Waals surface area contributed by atoms with Crippen LogP contribution in [-0.2, 0) is 20.8 Å². The fraction of sp³-hybridized carbons (Fsp3) is 0.560. The number of hydrogen-bond acceptors (Lipinski definition) is 5. The maximum Gasteiger partial charge on any atom is 0.573 e. The van der Waals surface area contributed by atoms with Gasteiger partial charge in [0.05, 0.1) is 12.2 Å². The first kappa shape index (κ1) is 28.8. The Bertz CT molecular complexity index is 1010. The van der Waals surface area contributed by atoms with E-state index in [0.717, 1.165) is 18.9 Å². The van der Waals surface area contributed by atoms with Gasteiger partial charge in [-0.2, -0.15) is 0 Å². The third-order valence-corrected chi connectivity index (χ3v) is 6.23. The van der Waals surface area contributed by atoms with Gasteiger partial charge in [0, 0.05) is 18.0 Å². The molecule has 0 N–H and O–H groups in total. The van der Waals surface area contributed by atoms with E-state index in [4.69, 9.17) is 32.7 Å². The second-order valence-corrected chi connectivity index (χ2v) is 11.1. The number of halogens is 6. The lowest BCUT2D eigenvalue weighted by atomic mass is 9.97. The third-order valence-electron chi connectivity index (χ3n) is 5.64. The molecule has 1 heterocycles. The van der Waals surface area contributed by atoms with Crippen LogP contribution in [0.5, 0.6) is 5.75 Å². The van der Waals surface area contributed by atoms with Gasteiger partial charge in [-0.3, -0.25) is 4.90 Å². The highest BCUT2D eigenvalue weighted by Crippen LogP contribution is 2.36. The summed E-state index contributed by atoms with van der Waals surface area (Å²) in [5, 5.41) is -1.22. The van der Waals surface area contributed by atoms with Crippen LogP contribution in [-0.4, -0.2) is 47.6 Å². The van der Waals surface area contributed by atoms with Gasteiger partial charge >= 0.3 is 12.3 Å². The maximum atomic E-state index is 14.6. The fourth-order valence-electron chi connectivity index (χ4n) is 4.01. The van der Waals surface area contributed by atoms with Crippen LogP contribution in [0.25, 0.3) is 0 Å². The van der Waals surface area contributed by atoms with Crippen LogP contribution in [0.15, 0.2) is 41.8 Å². The van der Waals surface area contributed by atoms with Gasteiger partial charge in [-0.25, -0.2) is 9.18 Å². The topological polar surface area (TPSA) is 48.0 Å². The van der Waals surface area contributed by atoms with Crippen LogP contribution in [0.4, 0.5) is 17.6 Å². The average molecular weight is 554 g/mol. The Morgan fingerprint density at radius 2 is 1.83 bits per heavy atom. The smallest absolute Gasteiger partial charge is 0.456 e. The second-order valence-electron chi connectivity index (χ2n) is 9.99. The zero-order valence-corrected chi connectivity index (χ0v) is 21.8. The number of piperidine rings is 1. The zero-order chi connectivity index (χ0) is 26.7. The van der Waals surface area contributed by atoms with Gasteiger partial charge in [0.2, 0.25) is 0 Å². The van der Waals surface area contributed by atoms with Gasteiger partial charge in [0.25, 0.3) is 0 Å². The lowest BCUT2D eigenvalue weighted by Crippen LogP contribution is -2.36. The summed E-state index contributed by atoms with van der Waals surface area (Å²) in [6.07, 6.45) is -0.773. The molecule has 0 spiro atoms. The summed E-state index contributed by atoms with van der Waals surface area (Å²) in [4.78, 5) is 14.3. The van der Waals surface area contributed by atoms with Crippen LogP contribution >= 0.6 is 23.2 Å². The monoisotopic (exact) mass is 553 g/mol. The van der Waals surface area contributed by atoms with E-state index in [1.54, 1.807) is 26.8 Å². The highest BCUT2D eigenvalue weighted by Gasteiger charge is 2.35. The van der Waals surface area contributed by atoms with Crippen molar-refractivity contribution in [1.82, 2.24) is 4.90 Å². The minimum atomic E-state index is -4.79. The Labute approximate surface area is 218 Å². The first-order chi connectivity index (χ1) is 16.6. The summed E-state index contributed by atoms with van der Waals surface area (Å²) in [6, 6.07) is 4.06. The summed E-state index contributed by atoms with van der Waals surface area (Å²) in [5.74, 6) is -1.61. The molecular weight excluding hydrogens is 525 g/mol. The van der Waals surface area contributed by atoms with Gasteiger partial charge in [-0.15, -0.1) is 13.2 Å². The van der Waals surface area contributed by atoms with Gasteiger partial charge < -0.3 is 14.2 Å². The third kappa shape index (κ3) is 8.94. The molecule has 5 nitrogen and oxygen atoms in total. The molecule has 0 amide bonds. The minimum Gasteiger partial charge on any atom is -0.456 e. The molecule has 1 aliphatic heterocycles. The number of carbonyl (C=O) groups excluding carboxylic acids is 1. The molecular formula is C25H29Cl2F4NO4. The van der Waals surface area contributed by atoms with E-state index in [1.165, 1.54) is 18.2 Å². The number of likely N-dealkylation sites (tertiary alicyclic amines) is 1. The van der Waals surface area contributed by atoms with E-state index in [0.29, 0.717) is 31.8 Å². The van der Waals surface area contributed by atoms with E-state index in [1.807, 2.05) is 0 Å². The Morgan fingerprint density at radius 1 is 1.17 bits per heavy atom. The number of ether oxygens (including phenoxy) is 3. The largest absolute Gasteiger partial charge is 0.573 e. The predicted molar refractivity (Wildman–Crippen MR) is 128 cm³/mol. The fourth-order valence-corrected chi connectivity index (χ4v) is 4.50. The van der Waals surface area contributed by atoms with Crippen molar-refractivity contribution in [3.05, 3.63) is 52.3 Å². The lowest BCUT2D eigenvalue weighted by molar-refractivity contribution is -0.274. The summed E-state index contributed by atoms with van der Waals surface area (Å²) in [6.45, 7) is 7.21. The molecule has 0 radical (unpaired) electrons. The molecule has 1 fully saturated rings. The number of rotatable bonds is 7. The van der Waals surface area contributed by atoms with Crippen molar-refractivity contribution in [3.8, 4) is 5.75 Å². The maximum absolute atomic E-state index is 14.6. The number of carbonyl (C=O) groups is 1. The molecule has 1 aliphatic carbocycles. The number of hydrogen-bond donors (Lipinski definition) is 0. The molecule has 0 aromatic heterocycles. The summed E-state index contributed by atoms with van der Waals surface area (Å²) < 4.78 is 67.2. The highest BCUT2D eigenvalue weighted by molar-refractivity contribution is 6.30. The summed E-state index contributed by atoms with van der Waals surface area (Å²) in [5.41, 5.74) is -0.292. The Kier molecular flexibility index (Phi) is 9.02. The van der Waals surface area contributed by atoms with E-state index in [-0.39, 0.29) is 28.7 Å². The molecule has 1 aromatic rings. The van der Waals surface area contributed by atoms with Crippen molar-refractivity contribution in [1.29, 1.82) is 0 Å². The number of esters is 1. The van der Waals surface area contributed by atoms with E-state index >= 15 is 0 Å². The van der Waals surface area contributed by atoms with Gasteiger partial charge in [0.15, 0.2) is 5.06 Å². The van der Waals surface area contributed by atoms with Crippen LogP contribution in [0, 0.1) is 5.92 Å². The SMILES string of the molecule is CC(C)(C)OC(=O)C1=C(F)CC(Cl)(OCC2CCN(Cc3cc(Cl)cc(OC(F)(F)F)c3)CC2)C=C1. The average Bonchev–Trinajstić information content (AvgIpc) is 2.70. The van der Waals surface area contributed by atoms with Gasteiger partial charge in [0.1, 0.15) is 17.2 Å². The van der Waals surface area contributed by atoms with Crippen LogP contribution < -0.4 is 4.74 Å². The first-order valence-corrected chi connectivity index (χ1v) is 12.3. The molecule has 1 unspecified atom stereocenters. The highest BCUT2D eigenvalue weighted by atomic mass is 35.5. The van der Waals surface area contributed by atoms with Crippen molar-refractivity contribution in [3.63, 3.8) is 0 Å². The molecule has 1 aromatic carbocycles. The Morgan fingerprint density at radius 3 is 2.42 bits per heavy atom.